The SMILES string of the molecule is O=C(CSc1nnnn1C1CC1)Nc1ccc(CN2C(=O)CSC2=O)cc1. The fourth-order valence-electron chi connectivity index (χ4n) is 2.57. The van der Waals surface area contributed by atoms with Gasteiger partial charge in [0.05, 0.1) is 24.1 Å². The number of anilines is 1. The van der Waals surface area contributed by atoms with Gasteiger partial charge in [-0.15, -0.1) is 5.10 Å². The van der Waals surface area contributed by atoms with Gasteiger partial charge in [0.25, 0.3) is 5.24 Å². The van der Waals surface area contributed by atoms with Gasteiger partial charge in [0, 0.05) is 5.69 Å². The number of amides is 3. The Labute approximate surface area is 163 Å². The highest BCUT2D eigenvalue weighted by atomic mass is 32.2. The number of thioether (sulfide) groups is 2. The van der Waals surface area contributed by atoms with Crippen molar-refractivity contribution < 1.29 is 14.4 Å². The standard InChI is InChI=1S/C16H16N6O3S2/c23-13(8-26-15-18-19-20-22(15)12-5-6-12)17-11-3-1-10(2-4-11)7-21-14(24)9-27-16(21)25/h1-4,12H,5-9H2,(H,17,23). The van der Waals surface area contributed by atoms with E-state index in [4.69, 9.17) is 0 Å². The molecule has 1 aromatic heterocycles. The summed E-state index contributed by atoms with van der Waals surface area (Å²) in [6.45, 7) is 0.249. The molecule has 0 bridgehead atoms. The number of carbonyl (C=O) groups excluding carboxylic acids is 3. The third kappa shape index (κ3) is 4.30. The van der Waals surface area contributed by atoms with Gasteiger partial charge < -0.3 is 5.32 Å². The molecule has 2 aliphatic rings. The number of imide groups is 1. The van der Waals surface area contributed by atoms with Crippen LogP contribution in [0.3, 0.4) is 0 Å². The number of nitrogens with one attached hydrogen (secondary N) is 1. The number of hydrogen-bond donors (Lipinski definition) is 1. The molecular weight excluding hydrogens is 388 g/mol. The van der Waals surface area contributed by atoms with Crippen LogP contribution in [0.5, 0.6) is 0 Å². The molecule has 2 fully saturated rings. The summed E-state index contributed by atoms with van der Waals surface area (Å²) >= 11 is 2.32. The first-order valence-electron chi connectivity index (χ1n) is 8.37. The number of nitrogens with zero attached hydrogens (tertiary/aromatic N) is 5. The van der Waals surface area contributed by atoms with Crippen molar-refractivity contribution in [2.75, 3.05) is 16.8 Å². The number of rotatable bonds is 7. The van der Waals surface area contributed by atoms with E-state index in [1.807, 2.05) is 0 Å². The molecule has 3 amide bonds. The Balaban J connectivity index is 1.29. The normalized spacial score (nSPS) is 16.8. The van der Waals surface area contributed by atoms with E-state index < -0.39 is 0 Å². The van der Waals surface area contributed by atoms with Gasteiger partial charge in [-0.1, -0.05) is 35.7 Å². The van der Waals surface area contributed by atoms with E-state index >= 15 is 0 Å². The second-order valence-electron chi connectivity index (χ2n) is 6.21. The van der Waals surface area contributed by atoms with Crippen LogP contribution in [-0.2, 0) is 16.1 Å². The molecule has 1 saturated heterocycles. The molecule has 9 nitrogen and oxygen atoms in total. The predicted molar refractivity (Wildman–Crippen MR) is 100 cm³/mol. The van der Waals surface area contributed by atoms with E-state index in [9.17, 15) is 14.4 Å². The molecule has 1 N–H and O–H groups in total. The third-order valence-corrected chi connectivity index (χ3v) is 5.90. The monoisotopic (exact) mass is 404 g/mol. The smallest absolute Gasteiger partial charge is 0.289 e. The topological polar surface area (TPSA) is 110 Å². The number of carbonyl (C=O) groups is 3. The molecule has 27 heavy (non-hydrogen) atoms. The van der Waals surface area contributed by atoms with Crippen LogP contribution in [0.25, 0.3) is 0 Å². The van der Waals surface area contributed by atoms with Crippen molar-refractivity contribution in [3.05, 3.63) is 29.8 Å². The summed E-state index contributed by atoms with van der Waals surface area (Å²) in [6, 6.07) is 7.46. The molecule has 0 spiro atoms. The molecule has 0 unspecified atom stereocenters. The average Bonchev–Trinajstić information content (AvgIpc) is 3.32. The molecule has 140 valence electrons. The molecule has 0 radical (unpaired) electrons. The van der Waals surface area contributed by atoms with Crippen LogP contribution in [0.2, 0.25) is 0 Å². The number of tetrazole rings is 1. The Morgan fingerprint density at radius 1 is 1.26 bits per heavy atom. The van der Waals surface area contributed by atoms with Crippen molar-refractivity contribution >= 4 is 46.3 Å². The third-order valence-electron chi connectivity index (χ3n) is 4.11. The zero-order chi connectivity index (χ0) is 18.8. The second-order valence-corrected chi connectivity index (χ2v) is 8.07. The van der Waals surface area contributed by atoms with Gasteiger partial charge >= 0.3 is 0 Å². The summed E-state index contributed by atoms with van der Waals surface area (Å²) in [7, 11) is 0. The zero-order valence-corrected chi connectivity index (χ0v) is 15.8. The summed E-state index contributed by atoms with van der Waals surface area (Å²) in [4.78, 5) is 36.7. The molecule has 11 heteroatoms. The highest BCUT2D eigenvalue weighted by Crippen LogP contribution is 2.36. The second kappa shape index (κ2) is 7.69. The fourth-order valence-corrected chi connectivity index (χ4v) is 4.04. The Bertz CT molecular complexity index is 865. The van der Waals surface area contributed by atoms with Gasteiger partial charge in [0.1, 0.15) is 0 Å². The molecule has 0 atom stereocenters. The predicted octanol–water partition coefficient (Wildman–Crippen LogP) is 1.93. The van der Waals surface area contributed by atoms with Crippen molar-refractivity contribution in [1.29, 1.82) is 0 Å². The van der Waals surface area contributed by atoms with Crippen molar-refractivity contribution in [2.45, 2.75) is 30.6 Å². The maximum Gasteiger partial charge on any atom is 0.289 e. The highest BCUT2D eigenvalue weighted by molar-refractivity contribution is 8.14. The minimum absolute atomic E-state index is 0.153. The number of hydrogen-bond acceptors (Lipinski definition) is 8. The number of aromatic nitrogens is 4. The fraction of sp³-hybridized carbons (Fsp3) is 0.375. The quantitative estimate of drug-likeness (QED) is 0.697. The van der Waals surface area contributed by atoms with Crippen molar-refractivity contribution in [3.8, 4) is 0 Å². The van der Waals surface area contributed by atoms with E-state index in [0.717, 1.165) is 30.2 Å². The van der Waals surface area contributed by atoms with Gasteiger partial charge in [0.15, 0.2) is 0 Å². The van der Waals surface area contributed by atoms with Crippen LogP contribution >= 0.6 is 23.5 Å². The van der Waals surface area contributed by atoms with Crippen LogP contribution in [0.4, 0.5) is 10.5 Å². The highest BCUT2D eigenvalue weighted by Gasteiger charge is 2.30. The molecule has 4 rings (SSSR count). The first kappa shape index (κ1) is 18.0. The maximum atomic E-state index is 12.1. The van der Waals surface area contributed by atoms with Gasteiger partial charge in [-0.05, 0) is 41.0 Å². The first-order chi connectivity index (χ1) is 13.1. The minimum Gasteiger partial charge on any atom is -0.325 e. The lowest BCUT2D eigenvalue weighted by Crippen LogP contribution is -2.27. The molecule has 1 saturated carbocycles. The lowest BCUT2D eigenvalue weighted by molar-refractivity contribution is -0.125. The van der Waals surface area contributed by atoms with Crippen LogP contribution in [0.15, 0.2) is 29.4 Å². The van der Waals surface area contributed by atoms with Crippen molar-refractivity contribution in [2.24, 2.45) is 0 Å². The van der Waals surface area contributed by atoms with E-state index in [1.54, 1.807) is 28.9 Å². The average molecular weight is 404 g/mol. The van der Waals surface area contributed by atoms with Crippen molar-refractivity contribution in [3.63, 3.8) is 0 Å². The van der Waals surface area contributed by atoms with Crippen molar-refractivity contribution in [1.82, 2.24) is 25.1 Å². The summed E-state index contributed by atoms with van der Waals surface area (Å²) < 4.78 is 1.77. The van der Waals surface area contributed by atoms with Gasteiger partial charge in [0.2, 0.25) is 17.0 Å². The summed E-state index contributed by atoms with van der Waals surface area (Å²) in [5, 5.41) is 14.8. The van der Waals surface area contributed by atoms with E-state index in [0.29, 0.717) is 16.9 Å². The van der Waals surface area contributed by atoms with Crippen LogP contribution in [0.1, 0.15) is 24.4 Å². The molecule has 2 heterocycles. The van der Waals surface area contributed by atoms with Crippen LogP contribution in [0, 0.1) is 0 Å². The molecule has 1 aromatic carbocycles. The zero-order valence-electron chi connectivity index (χ0n) is 14.2. The Morgan fingerprint density at radius 3 is 2.70 bits per heavy atom. The summed E-state index contributed by atoms with van der Waals surface area (Å²) in [5.74, 6) is 0.0877. The Kier molecular flexibility index (Phi) is 5.12. The lowest BCUT2D eigenvalue weighted by Gasteiger charge is -2.13. The number of benzene rings is 1. The van der Waals surface area contributed by atoms with Gasteiger partial charge in [-0.2, -0.15) is 0 Å². The maximum absolute atomic E-state index is 12.1. The Morgan fingerprint density at radius 2 is 2.04 bits per heavy atom. The van der Waals surface area contributed by atoms with Gasteiger partial charge in [-0.3, -0.25) is 19.3 Å². The van der Waals surface area contributed by atoms with Crippen LogP contribution < -0.4 is 5.32 Å². The molecule has 1 aliphatic heterocycles. The summed E-state index contributed by atoms with van der Waals surface area (Å²) in [6.07, 6.45) is 2.15. The summed E-state index contributed by atoms with van der Waals surface area (Å²) in [5.41, 5.74) is 1.48. The minimum atomic E-state index is -0.219. The molecular formula is C16H16N6O3S2. The van der Waals surface area contributed by atoms with E-state index in [2.05, 4.69) is 20.8 Å². The Hall–Kier alpha value is -2.40. The van der Waals surface area contributed by atoms with E-state index in [1.165, 1.54) is 16.7 Å². The molecule has 1 aliphatic carbocycles. The van der Waals surface area contributed by atoms with E-state index in [-0.39, 0.29) is 35.1 Å². The molecule has 2 aromatic rings. The largest absolute Gasteiger partial charge is 0.325 e. The first-order valence-corrected chi connectivity index (χ1v) is 10.3. The van der Waals surface area contributed by atoms with Crippen LogP contribution in [-0.4, -0.2) is 53.7 Å². The lowest BCUT2D eigenvalue weighted by atomic mass is 10.2. The van der Waals surface area contributed by atoms with Gasteiger partial charge in [-0.25, -0.2) is 4.68 Å².